The Morgan fingerprint density at radius 3 is 2.41 bits per heavy atom. The summed E-state index contributed by atoms with van der Waals surface area (Å²) in [6.45, 7) is 2.38. The van der Waals surface area contributed by atoms with E-state index in [4.69, 9.17) is 0 Å². The fraction of sp³-hybridized carbons (Fsp3) is 0.318. The van der Waals surface area contributed by atoms with Crippen LogP contribution in [0.15, 0.2) is 54.6 Å². The van der Waals surface area contributed by atoms with Crippen molar-refractivity contribution >= 4 is 23.4 Å². The highest BCUT2D eigenvalue weighted by atomic mass is 16.2. The molecule has 0 saturated carbocycles. The number of nitrogens with one attached hydrogen (secondary N) is 3. The highest BCUT2D eigenvalue weighted by Gasteiger charge is 2.20. The molecule has 0 saturated heterocycles. The minimum atomic E-state index is -0.459. The Morgan fingerprint density at radius 2 is 1.66 bits per heavy atom. The summed E-state index contributed by atoms with van der Waals surface area (Å²) in [6.07, 6.45) is 2.03. The number of carbonyl (C=O) groups is 3. The zero-order chi connectivity index (χ0) is 20.6. The summed E-state index contributed by atoms with van der Waals surface area (Å²) in [7, 11) is 0. The van der Waals surface area contributed by atoms with Gasteiger partial charge in [0.15, 0.2) is 0 Å². The standard InChI is InChI=1S/C22H26N4O3/c1-16(27)23-19(17-8-3-2-4-9-17)14-21(28)24-25-22(29)15-26-13-7-11-18-10-5-6-12-20(18)26/h2-6,8-10,12,19H,7,11,13-15H2,1H3,(H,23,27)(H,24,28)(H,25,29)/t19-/m0/s1. The van der Waals surface area contributed by atoms with Crippen molar-refractivity contribution in [1.29, 1.82) is 0 Å². The third-order valence-electron chi connectivity index (χ3n) is 4.85. The first kappa shape index (κ1) is 20.4. The quantitative estimate of drug-likeness (QED) is 0.653. The highest BCUT2D eigenvalue weighted by Crippen LogP contribution is 2.26. The van der Waals surface area contributed by atoms with Gasteiger partial charge in [0.25, 0.3) is 5.91 Å². The molecule has 152 valence electrons. The minimum Gasteiger partial charge on any atom is -0.362 e. The van der Waals surface area contributed by atoms with Gasteiger partial charge in [-0.2, -0.15) is 0 Å². The summed E-state index contributed by atoms with van der Waals surface area (Å²) >= 11 is 0. The Labute approximate surface area is 170 Å². The van der Waals surface area contributed by atoms with E-state index < -0.39 is 6.04 Å². The third-order valence-corrected chi connectivity index (χ3v) is 4.85. The van der Waals surface area contributed by atoms with Crippen LogP contribution in [0.1, 0.15) is 36.9 Å². The molecule has 1 aliphatic rings. The van der Waals surface area contributed by atoms with E-state index in [-0.39, 0.29) is 30.7 Å². The molecular formula is C22H26N4O3. The number of hydrogen-bond acceptors (Lipinski definition) is 4. The maximum Gasteiger partial charge on any atom is 0.257 e. The molecule has 0 unspecified atom stereocenters. The Kier molecular flexibility index (Phi) is 6.84. The van der Waals surface area contributed by atoms with Crippen molar-refractivity contribution in [2.75, 3.05) is 18.0 Å². The van der Waals surface area contributed by atoms with Gasteiger partial charge in [-0.1, -0.05) is 48.5 Å². The zero-order valence-corrected chi connectivity index (χ0v) is 16.5. The second-order valence-corrected chi connectivity index (χ2v) is 7.12. The van der Waals surface area contributed by atoms with E-state index in [0.717, 1.165) is 30.6 Å². The normalized spacial score (nSPS) is 13.8. The second kappa shape index (κ2) is 9.73. The van der Waals surface area contributed by atoms with Crippen LogP contribution in [0.2, 0.25) is 0 Å². The van der Waals surface area contributed by atoms with Gasteiger partial charge in [0.2, 0.25) is 11.8 Å². The monoisotopic (exact) mass is 394 g/mol. The van der Waals surface area contributed by atoms with Gasteiger partial charge in [-0.25, -0.2) is 0 Å². The average Bonchev–Trinajstić information content (AvgIpc) is 2.72. The Morgan fingerprint density at radius 1 is 0.966 bits per heavy atom. The summed E-state index contributed by atoms with van der Waals surface area (Å²) < 4.78 is 0. The molecule has 0 spiro atoms. The summed E-state index contributed by atoms with van der Waals surface area (Å²) in [5.41, 5.74) is 8.06. The molecule has 7 heteroatoms. The molecule has 2 aromatic rings. The van der Waals surface area contributed by atoms with Crippen LogP contribution in [0, 0.1) is 0 Å². The molecule has 1 atom stereocenters. The predicted molar refractivity (Wildman–Crippen MR) is 111 cm³/mol. The number of fused-ring (bicyclic) bond motifs is 1. The lowest BCUT2D eigenvalue weighted by atomic mass is 10.0. The third kappa shape index (κ3) is 5.81. The maximum absolute atomic E-state index is 12.3. The molecule has 0 aromatic heterocycles. The van der Waals surface area contributed by atoms with Crippen LogP contribution in [-0.2, 0) is 20.8 Å². The van der Waals surface area contributed by atoms with E-state index in [1.807, 2.05) is 53.4 Å². The van der Waals surface area contributed by atoms with Gasteiger partial charge in [0.1, 0.15) is 0 Å². The van der Waals surface area contributed by atoms with Crippen LogP contribution in [0.3, 0.4) is 0 Å². The van der Waals surface area contributed by atoms with Crippen LogP contribution >= 0.6 is 0 Å². The lowest BCUT2D eigenvalue weighted by molar-refractivity contribution is -0.129. The van der Waals surface area contributed by atoms with Crippen molar-refractivity contribution in [1.82, 2.24) is 16.2 Å². The number of carbonyl (C=O) groups excluding carboxylic acids is 3. The van der Waals surface area contributed by atoms with Crippen molar-refractivity contribution in [2.45, 2.75) is 32.2 Å². The molecule has 1 aliphatic heterocycles. The Balaban J connectivity index is 1.52. The van der Waals surface area contributed by atoms with E-state index in [1.54, 1.807) is 0 Å². The van der Waals surface area contributed by atoms with Crippen LogP contribution in [0.5, 0.6) is 0 Å². The molecule has 29 heavy (non-hydrogen) atoms. The van der Waals surface area contributed by atoms with Crippen LogP contribution < -0.4 is 21.1 Å². The van der Waals surface area contributed by atoms with Gasteiger partial charge >= 0.3 is 0 Å². The zero-order valence-electron chi connectivity index (χ0n) is 16.5. The number of rotatable bonds is 6. The fourth-order valence-electron chi connectivity index (χ4n) is 3.55. The molecule has 3 N–H and O–H groups in total. The molecule has 0 fully saturated rings. The number of para-hydroxylation sites is 1. The molecule has 0 aliphatic carbocycles. The van der Waals surface area contributed by atoms with Crippen LogP contribution in [0.25, 0.3) is 0 Å². The summed E-state index contributed by atoms with van der Waals surface area (Å²) in [4.78, 5) is 38.1. The van der Waals surface area contributed by atoms with Crippen LogP contribution in [0.4, 0.5) is 5.69 Å². The Bertz CT molecular complexity index is 869. The summed E-state index contributed by atoms with van der Waals surface area (Å²) in [5, 5.41) is 2.77. The number of amides is 3. The van der Waals surface area contributed by atoms with E-state index >= 15 is 0 Å². The van der Waals surface area contributed by atoms with Crippen molar-refractivity contribution < 1.29 is 14.4 Å². The van der Waals surface area contributed by atoms with Gasteiger partial charge in [-0.15, -0.1) is 0 Å². The van der Waals surface area contributed by atoms with Crippen LogP contribution in [-0.4, -0.2) is 30.8 Å². The maximum atomic E-state index is 12.3. The number of nitrogens with zero attached hydrogens (tertiary/aromatic N) is 1. The van der Waals surface area contributed by atoms with E-state index in [0.29, 0.717) is 0 Å². The second-order valence-electron chi connectivity index (χ2n) is 7.12. The summed E-state index contributed by atoms with van der Waals surface area (Å²) in [6, 6.07) is 16.8. The number of aryl methyl sites for hydroxylation is 1. The van der Waals surface area contributed by atoms with E-state index in [2.05, 4.69) is 22.2 Å². The molecule has 7 nitrogen and oxygen atoms in total. The number of benzene rings is 2. The van der Waals surface area contributed by atoms with Crippen molar-refractivity contribution in [3.05, 3.63) is 65.7 Å². The summed E-state index contributed by atoms with van der Waals surface area (Å²) in [5.74, 6) is -0.884. The molecule has 0 radical (unpaired) electrons. The number of hydrazine groups is 1. The molecule has 3 amide bonds. The highest BCUT2D eigenvalue weighted by molar-refractivity contribution is 5.85. The van der Waals surface area contributed by atoms with E-state index in [1.165, 1.54) is 12.5 Å². The number of hydrogen-bond donors (Lipinski definition) is 3. The lowest BCUT2D eigenvalue weighted by Gasteiger charge is -2.30. The topological polar surface area (TPSA) is 90.5 Å². The smallest absolute Gasteiger partial charge is 0.257 e. The van der Waals surface area contributed by atoms with Gasteiger partial charge in [0.05, 0.1) is 19.0 Å². The molecule has 1 heterocycles. The lowest BCUT2D eigenvalue weighted by Crippen LogP contribution is -2.48. The van der Waals surface area contributed by atoms with Crippen molar-refractivity contribution in [2.24, 2.45) is 0 Å². The first-order chi connectivity index (χ1) is 14.0. The first-order valence-corrected chi connectivity index (χ1v) is 9.75. The van der Waals surface area contributed by atoms with Gasteiger partial charge in [0, 0.05) is 19.2 Å². The largest absolute Gasteiger partial charge is 0.362 e. The fourth-order valence-corrected chi connectivity index (χ4v) is 3.55. The Hall–Kier alpha value is -3.35. The first-order valence-electron chi connectivity index (χ1n) is 9.75. The van der Waals surface area contributed by atoms with Gasteiger partial charge in [-0.3, -0.25) is 25.2 Å². The number of anilines is 1. The predicted octanol–water partition coefficient (Wildman–Crippen LogP) is 1.85. The SMILES string of the molecule is CC(=O)N[C@@H](CC(=O)NNC(=O)CN1CCCc2ccccc21)c1ccccc1. The van der Waals surface area contributed by atoms with E-state index in [9.17, 15) is 14.4 Å². The average molecular weight is 394 g/mol. The van der Waals surface area contributed by atoms with Crippen molar-refractivity contribution in [3.8, 4) is 0 Å². The minimum absolute atomic E-state index is 0.0242. The molecular weight excluding hydrogens is 368 g/mol. The molecule has 0 bridgehead atoms. The molecule has 3 rings (SSSR count). The van der Waals surface area contributed by atoms with Crippen molar-refractivity contribution in [3.63, 3.8) is 0 Å². The molecule has 2 aromatic carbocycles. The van der Waals surface area contributed by atoms with Gasteiger partial charge in [-0.05, 0) is 30.0 Å². The van der Waals surface area contributed by atoms with Gasteiger partial charge < -0.3 is 10.2 Å².